The zero-order valence-electron chi connectivity index (χ0n) is 27.6. The Hall–Kier alpha value is -6.23. The number of aromatic nitrogens is 1. The van der Waals surface area contributed by atoms with E-state index < -0.39 is 12.1 Å². The molecular formula is C41H37N3O7. The lowest BCUT2D eigenvalue weighted by atomic mass is 9.99. The minimum absolute atomic E-state index is 0.0630. The molecule has 1 aromatic heterocycles. The number of carbonyl (C=O) groups is 2. The van der Waals surface area contributed by atoms with E-state index in [0.29, 0.717) is 35.2 Å². The van der Waals surface area contributed by atoms with Crippen molar-refractivity contribution in [2.45, 2.75) is 31.9 Å². The number of phenols is 1. The molecule has 1 heterocycles. The van der Waals surface area contributed by atoms with Crippen LogP contribution < -0.4 is 20.9 Å². The molecule has 5 aromatic carbocycles. The summed E-state index contributed by atoms with van der Waals surface area (Å²) in [4.78, 5) is 38.6. The molecule has 1 amide bonds. The van der Waals surface area contributed by atoms with Crippen LogP contribution in [0.3, 0.4) is 0 Å². The highest BCUT2D eigenvalue weighted by molar-refractivity contribution is 5.89. The van der Waals surface area contributed by atoms with Crippen LogP contribution in [0, 0.1) is 0 Å². The van der Waals surface area contributed by atoms with Crippen LogP contribution in [0.25, 0.3) is 10.9 Å². The Labute approximate surface area is 294 Å². The fourth-order valence-corrected chi connectivity index (χ4v) is 5.91. The maximum Gasteiger partial charge on any atom is 0.338 e. The summed E-state index contributed by atoms with van der Waals surface area (Å²) in [6.45, 7) is 0.998. The Morgan fingerprint density at radius 2 is 1.53 bits per heavy atom. The number of fused-ring (bicyclic) bond motifs is 1. The summed E-state index contributed by atoms with van der Waals surface area (Å²) in [5, 5.41) is 27.6. The van der Waals surface area contributed by atoms with Crippen LogP contribution in [0.15, 0.2) is 132 Å². The predicted molar refractivity (Wildman–Crippen MR) is 193 cm³/mol. The molecule has 2 unspecified atom stereocenters. The molecule has 0 spiro atoms. The monoisotopic (exact) mass is 683 g/mol. The topological polar surface area (TPSA) is 150 Å². The molecule has 0 saturated heterocycles. The second-order valence-corrected chi connectivity index (χ2v) is 12.0. The van der Waals surface area contributed by atoms with Gasteiger partial charge in [-0.3, -0.25) is 9.59 Å². The number of ether oxygens (including phenoxy) is 2. The Kier molecular flexibility index (Phi) is 11.2. The first-order valence-corrected chi connectivity index (χ1v) is 16.4. The summed E-state index contributed by atoms with van der Waals surface area (Å²) in [5.41, 5.74) is 5.31. The average molecular weight is 684 g/mol. The standard InChI is InChI=1S/C41H37N3O7/c45-26-43-39(30-10-2-1-3-11-30)31-12-6-14-33(21-31)50-24-29-9-5-13-32(20-29)41(49)51-25-28-8-4-7-27(19-28)22-42-23-37(47)34-15-17-36(46)40-35(34)16-18-38(48)44-40/h1-21,26,37,39,42,46-47H,22-25H2,(H,43,45)(H,44,48). The van der Waals surface area contributed by atoms with Crippen molar-refractivity contribution in [1.82, 2.24) is 15.6 Å². The number of hydrogen-bond donors (Lipinski definition) is 5. The van der Waals surface area contributed by atoms with Gasteiger partial charge >= 0.3 is 5.97 Å². The molecule has 0 bridgehead atoms. The molecule has 0 aliphatic rings. The summed E-state index contributed by atoms with van der Waals surface area (Å²) in [6.07, 6.45) is -0.195. The van der Waals surface area contributed by atoms with Crippen molar-refractivity contribution >= 4 is 23.3 Å². The Morgan fingerprint density at radius 1 is 0.784 bits per heavy atom. The third kappa shape index (κ3) is 8.87. The molecule has 258 valence electrons. The summed E-state index contributed by atoms with van der Waals surface area (Å²) in [5.74, 6) is 0.106. The normalized spacial score (nSPS) is 12.2. The number of aromatic amines is 1. The van der Waals surface area contributed by atoms with E-state index in [4.69, 9.17) is 9.47 Å². The summed E-state index contributed by atoms with van der Waals surface area (Å²) in [7, 11) is 0. The van der Waals surface area contributed by atoms with Crippen LogP contribution in [0.1, 0.15) is 55.9 Å². The summed E-state index contributed by atoms with van der Waals surface area (Å²) < 4.78 is 11.7. The molecule has 2 atom stereocenters. The number of nitrogens with one attached hydrogen (secondary N) is 3. The lowest BCUT2D eigenvalue weighted by molar-refractivity contribution is -0.110. The van der Waals surface area contributed by atoms with E-state index in [9.17, 15) is 24.6 Å². The second-order valence-electron chi connectivity index (χ2n) is 12.0. The number of esters is 1. The lowest BCUT2D eigenvalue weighted by Crippen LogP contribution is -2.21. The number of rotatable bonds is 15. The van der Waals surface area contributed by atoms with Crippen molar-refractivity contribution in [3.8, 4) is 11.5 Å². The number of benzene rings is 5. The molecule has 0 aliphatic carbocycles. The van der Waals surface area contributed by atoms with Crippen molar-refractivity contribution in [1.29, 1.82) is 0 Å². The fraction of sp³-hybridized carbons (Fsp3) is 0.146. The van der Waals surface area contributed by atoms with Crippen LogP contribution in [0.2, 0.25) is 0 Å². The van der Waals surface area contributed by atoms with Gasteiger partial charge in [0.1, 0.15) is 24.7 Å². The lowest BCUT2D eigenvalue weighted by Gasteiger charge is -2.18. The van der Waals surface area contributed by atoms with E-state index in [1.807, 2.05) is 84.9 Å². The number of pyridine rings is 1. The van der Waals surface area contributed by atoms with E-state index in [-0.39, 0.29) is 42.6 Å². The fourth-order valence-electron chi connectivity index (χ4n) is 5.91. The van der Waals surface area contributed by atoms with Gasteiger partial charge in [-0.25, -0.2) is 4.79 Å². The molecule has 0 saturated carbocycles. The van der Waals surface area contributed by atoms with Gasteiger partial charge in [0.05, 0.1) is 23.2 Å². The maximum atomic E-state index is 13.0. The highest BCUT2D eigenvalue weighted by atomic mass is 16.5. The van der Waals surface area contributed by atoms with Gasteiger partial charge in [0.2, 0.25) is 12.0 Å². The minimum atomic E-state index is -0.882. The van der Waals surface area contributed by atoms with E-state index in [0.717, 1.165) is 27.8 Å². The largest absolute Gasteiger partial charge is 0.506 e. The van der Waals surface area contributed by atoms with Gasteiger partial charge in [-0.1, -0.05) is 84.9 Å². The number of carbonyl (C=O) groups excluding carboxylic acids is 2. The first kappa shape index (κ1) is 34.6. The third-order valence-electron chi connectivity index (χ3n) is 8.42. The third-order valence-corrected chi connectivity index (χ3v) is 8.42. The Bertz CT molecular complexity index is 2180. The van der Waals surface area contributed by atoms with Gasteiger partial charge < -0.3 is 35.3 Å². The second kappa shape index (κ2) is 16.4. The van der Waals surface area contributed by atoms with Crippen molar-refractivity contribution in [2.75, 3.05) is 6.54 Å². The summed E-state index contributed by atoms with van der Waals surface area (Å²) >= 11 is 0. The predicted octanol–water partition coefficient (Wildman–Crippen LogP) is 5.83. The molecule has 6 rings (SSSR count). The zero-order chi connectivity index (χ0) is 35.6. The number of aliphatic hydroxyl groups is 1. The number of aliphatic hydroxyl groups excluding tert-OH is 1. The number of phenolic OH excluding ortho intramolecular Hbond substituents is 1. The average Bonchev–Trinajstić information content (AvgIpc) is 3.16. The highest BCUT2D eigenvalue weighted by Gasteiger charge is 2.16. The molecule has 6 aromatic rings. The van der Waals surface area contributed by atoms with Gasteiger partial charge in [0, 0.05) is 24.5 Å². The SMILES string of the molecule is O=CNC(c1ccccc1)c1cccc(OCc2cccc(C(=O)OCc3cccc(CNCC(O)c4ccc(O)c5[nH]c(=O)ccc45)c3)c2)c1. The van der Waals surface area contributed by atoms with Crippen LogP contribution in [-0.2, 0) is 29.3 Å². The van der Waals surface area contributed by atoms with Crippen LogP contribution in [0.4, 0.5) is 0 Å². The van der Waals surface area contributed by atoms with Crippen LogP contribution in [-0.4, -0.2) is 34.1 Å². The minimum Gasteiger partial charge on any atom is -0.506 e. The van der Waals surface area contributed by atoms with Crippen molar-refractivity contribution < 1.29 is 29.3 Å². The van der Waals surface area contributed by atoms with Gasteiger partial charge in [-0.2, -0.15) is 0 Å². The van der Waals surface area contributed by atoms with E-state index in [2.05, 4.69) is 15.6 Å². The van der Waals surface area contributed by atoms with Crippen molar-refractivity contribution in [3.63, 3.8) is 0 Å². The first-order valence-electron chi connectivity index (χ1n) is 16.4. The molecule has 0 radical (unpaired) electrons. The maximum absolute atomic E-state index is 13.0. The molecule has 0 fully saturated rings. The van der Waals surface area contributed by atoms with Gasteiger partial charge in [0.15, 0.2) is 0 Å². The molecule has 10 heteroatoms. The van der Waals surface area contributed by atoms with E-state index in [1.54, 1.807) is 30.3 Å². The molecule has 0 aliphatic heterocycles. The van der Waals surface area contributed by atoms with Gasteiger partial charge in [-0.05, 0) is 69.8 Å². The Morgan fingerprint density at radius 3 is 2.35 bits per heavy atom. The summed E-state index contributed by atoms with van der Waals surface area (Å²) in [6, 6.07) is 37.6. The number of H-pyrrole nitrogens is 1. The number of amides is 1. The van der Waals surface area contributed by atoms with Crippen molar-refractivity contribution in [2.24, 2.45) is 0 Å². The van der Waals surface area contributed by atoms with E-state index in [1.165, 1.54) is 12.1 Å². The zero-order valence-corrected chi connectivity index (χ0v) is 27.6. The molecular weight excluding hydrogens is 646 g/mol. The number of hydrogen-bond acceptors (Lipinski definition) is 8. The van der Waals surface area contributed by atoms with Crippen molar-refractivity contribution in [3.05, 3.63) is 177 Å². The molecule has 5 N–H and O–H groups in total. The van der Waals surface area contributed by atoms with Crippen LogP contribution >= 0.6 is 0 Å². The molecule has 10 nitrogen and oxygen atoms in total. The van der Waals surface area contributed by atoms with E-state index >= 15 is 0 Å². The smallest absolute Gasteiger partial charge is 0.338 e. The van der Waals surface area contributed by atoms with Crippen LogP contribution in [0.5, 0.6) is 11.5 Å². The Balaban J connectivity index is 1.01. The number of aromatic hydroxyl groups is 1. The van der Waals surface area contributed by atoms with Gasteiger partial charge in [-0.15, -0.1) is 0 Å². The molecule has 51 heavy (non-hydrogen) atoms. The quantitative estimate of drug-likeness (QED) is 0.0671. The first-order chi connectivity index (χ1) is 24.9. The van der Waals surface area contributed by atoms with Gasteiger partial charge in [0.25, 0.3) is 0 Å². The highest BCUT2D eigenvalue weighted by Crippen LogP contribution is 2.29.